The van der Waals surface area contributed by atoms with E-state index < -0.39 is 0 Å². The molecule has 3 amide bonds. The summed E-state index contributed by atoms with van der Waals surface area (Å²) in [6.07, 6.45) is 5.19. The van der Waals surface area contributed by atoms with Gasteiger partial charge in [-0.1, -0.05) is 28.1 Å². The van der Waals surface area contributed by atoms with Gasteiger partial charge >= 0.3 is 0 Å². The first-order valence-electron chi connectivity index (χ1n) is 8.97. The van der Waals surface area contributed by atoms with Crippen LogP contribution in [0.1, 0.15) is 24.0 Å². The highest BCUT2D eigenvalue weighted by molar-refractivity contribution is 9.10. The number of likely N-dealkylation sites (tertiary alicyclic amines) is 1. The second kappa shape index (κ2) is 6.34. The van der Waals surface area contributed by atoms with Crippen LogP contribution in [0.2, 0.25) is 0 Å². The molecular formula is C20H21BrN2O3. The topological polar surface area (TPSA) is 66.5 Å². The predicted octanol–water partition coefficient (Wildman–Crippen LogP) is 3.20. The molecule has 2 bridgehead atoms. The van der Waals surface area contributed by atoms with Crippen LogP contribution < -0.4 is 5.32 Å². The Hall–Kier alpha value is -1.95. The lowest BCUT2D eigenvalue weighted by Gasteiger charge is -2.17. The van der Waals surface area contributed by atoms with Gasteiger partial charge in [-0.15, -0.1) is 0 Å². The van der Waals surface area contributed by atoms with Crippen LogP contribution in [-0.2, 0) is 14.4 Å². The van der Waals surface area contributed by atoms with Gasteiger partial charge in [-0.2, -0.15) is 0 Å². The van der Waals surface area contributed by atoms with Crippen LogP contribution in [0.5, 0.6) is 0 Å². The number of amides is 3. The van der Waals surface area contributed by atoms with Gasteiger partial charge in [0.05, 0.1) is 11.8 Å². The molecule has 1 heterocycles. The van der Waals surface area contributed by atoms with Gasteiger partial charge in [0.15, 0.2) is 0 Å². The molecule has 0 aromatic heterocycles. The number of aryl methyl sites for hydroxylation is 2. The molecule has 4 rings (SSSR count). The minimum Gasteiger partial charge on any atom is -0.326 e. The van der Waals surface area contributed by atoms with Gasteiger partial charge in [-0.05, 0) is 55.4 Å². The zero-order chi connectivity index (χ0) is 18.6. The third-order valence-electron chi connectivity index (χ3n) is 5.84. The molecule has 2 aliphatic carbocycles. The SMILES string of the molecule is Cc1cc(NC(=O)CCN2C(=O)[C@H]3[C@H](C2=O)[C@H]2C=C[C@H]3C2)cc(C)c1Br. The van der Waals surface area contributed by atoms with E-state index in [1.165, 1.54) is 4.90 Å². The molecule has 26 heavy (non-hydrogen) atoms. The molecule has 0 spiro atoms. The van der Waals surface area contributed by atoms with Crippen LogP contribution in [0.3, 0.4) is 0 Å². The van der Waals surface area contributed by atoms with E-state index in [-0.39, 0.29) is 54.4 Å². The number of hydrogen-bond donors (Lipinski definition) is 1. The third-order valence-corrected chi connectivity index (χ3v) is 7.10. The van der Waals surface area contributed by atoms with Crippen molar-refractivity contribution in [2.24, 2.45) is 23.7 Å². The Balaban J connectivity index is 1.38. The fourth-order valence-corrected chi connectivity index (χ4v) is 4.87. The number of carbonyl (C=O) groups is 3. The molecule has 1 aromatic carbocycles. The Morgan fingerprint density at radius 2 is 1.65 bits per heavy atom. The number of imide groups is 1. The fourth-order valence-electron chi connectivity index (χ4n) is 4.64. The molecule has 1 saturated heterocycles. The number of fused-ring (bicyclic) bond motifs is 5. The first kappa shape index (κ1) is 17.5. The summed E-state index contributed by atoms with van der Waals surface area (Å²) >= 11 is 3.51. The average Bonchev–Trinajstić information content (AvgIpc) is 3.26. The number of halogens is 1. The minimum atomic E-state index is -0.197. The molecule has 5 nitrogen and oxygen atoms in total. The van der Waals surface area contributed by atoms with E-state index >= 15 is 0 Å². The van der Waals surface area contributed by atoms with Crippen molar-refractivity contribution in [3.05, 3.63) is 39.9 Å². The number of hydrogen-bond acceptors (Lipinski definition) is 3. The van der Waals surface area contributed by atoms with Crippen LogP contribution >= 0.6 is 15.9 Å². The van der Waals surface area contributed by atoms with Crippen molar-refractivity contribution in [2.45, 2.75) is 26.7 Å². The normalized spacial score (nSPS) is 28.8. The van der Waals surface area contributed by atoms with Gasteiger partial charge in [0, 0.05) is 23.1 Å². The monoisotopic (exact) mass is 416 g/mol. The second-order valence-corrected chi connectivity index (χ2v) is 8.34. The highest BCUT2D eigenvalue weighted by Crippen LogP contribution is 2.52. The van der Waals surface area contributed by atoms with E-state index in [1.807, 2.05) is 26.0 Å². The Morgan fingerprint density at radius 3 is 2.19 bits per heavy atom. The molecular weight excluding hydrogens is 396 g/mol. The summed E-state index contributed by atoms with van der Waals surface area (Å²) in [4.78, 5) is 38.8. The maximum absolute atomic E-state index is 12.6. The summed E-state index contributed by atoms with van der Waals surface area (Å²) in [6, 6.07) is 3.80. The van der Waals surface area contributed by atoms with Gasteiger partial charge < -0.3 is 5.32 Å². The number of nitrogens with zero attached hydrogens (tertiary/aromatic N) is 1. The summed E-state index contributed by atoms with van der Waals surface area (Å²) in [5, 5.41) is 2.86. The smallest absolute Gasteiger partial charge is 0.233 e. The van der Waals surface area contributed by atoms with Crippen LogP contribution in [0.25, 0.3) is 0 Å². The number of carbonyl (C=O) groups excluding carboxylic acids is 3. The standard InChI is InChI=1S/C20H21BrN2O3/c1-10-7-14(8-11(2)18(10)21)22-15(24)5-6-23-19(25)16-12-3-4-13(9-12)17(16)20(23)26/h3-4,7-8,12-13,16-17H,5-6,9H2,1-2H3,(H,22,24)/t12-,13-,16+,17+/m0/s1. The van der Waals surface area contributed by atoms with Gasteiger partial charge in [0.25, 0.3) is 0 Å². The van der Waals surface area contributed by atoms with Crippen molar-refractivity contribution >= 4 is 39.3 Å². The molecule has 1 aliphatic heterocycles. The molecule has 0 unspecified atom stereocenters. The number of allylic oxidation sites excluding steroid dienone is 2. The molecule has 136 valence electrons. The predicted molar refractivity (Wildman–Crippen MR) is 101 cm³/mol. The van der Waals surface area contributed by atoms with E-state index in [1.54, 1.807) is 0 Å². The lowest BCUT2D eigenvalue weighted by Crippen LogP contribution is -2.35. The van der Waals surface area contributed by atoms with Crippen molar-refractivity contribution < 1.29 is 14.4 Å². The van der Waals surface area contributed by atoms with Gasteiger partial charge in [0.2, 0.25) is 17.7 Å². The van der Waals surface area contributed by atoms with Gasteiger partial charge in [-0.25, -0.2) is 0 Å². The Kier molecular flexibility index (Phi) is 4.26. The van der Waals surface area contributed by atoms with E-state index in [9.17, 15) is 14.4 Å². The van der Waals surface area contributed by atoms with E-state index in [4.69, 9.17) is 0 Å². The first-order chi connectivity index (χ1) is 12.4. The first-order valence-corrected chi connectivity index (χ1v) is 9.76. The van der Waals surface area contributed by atoms with Gasteiger partial charge in [-0.3, -0.25) is 19.3 Å². The zero-order valence-electron chi connectivity index (χ0n) is 14.8. The van der Waals surface area contributed by atoms with Crippen LogP contribution in [0, 0.1) is 37.5 Å². The van der Waals surface area contributed by atoms with E-state index in [0.29, 0.717) is 0 Å². The third kappa shape index (κ3) is 2.71. The quantitative estimate of drug-likeness (QED) is 0.605. The van der Waals surface area contributed by atoms with Crippen molar-refractivity contribution in [3.63, 3.8) is 0 Å². The van der Waals surface area contributed by atoms with Gasteiger partial charge in [0.1, 0.15) is 0 Å². The van der Waals surface area contributed by atoms with Crippen molar-refractivity contribution in [1.82, 2.24) is 4.90 Å². The summed E-state index contributed by atoms with van der Waals surface area (Å²) in [7, 11) is 0. The van der Waals surface area contributed by atoms with Crippen LogP contribution in [-0.4, -0.2) is 29.2 Å². The van der Waals surface area contributed by atoms with Crippen molar-refractivity contribution in [1.29, 1.82) is 0 Å². The minimum absolute atomic E-state index is 0.0972. The highest BCUT2D eigenvalue weighted by atomic mass is 79.9. The highest BCUT2D eigenvalue weighted by Gasteiger charge is 2.58. The molecule has 1 N–H and O–H groups in total. The Morgan fingerprint density at radius 1 is 1.12 bits per heavy atom. The summed E-state index contributed by atoms with van der Waals surface area (Å²) in [5.41, 5.74) is 2.81. The lowest BCUT2D eigenvalue weighted by molar-refractivity contribution is -0.140. The number of anilines is 1. The zero-order valence-corrected chi connectivity index (χ0v) is 16.4. The maximum atomic E-state index is 12.6. The molecule has 4 atom stereocenters. The number of rotatable bonds is 4. The van der Waals surface area contributed by atoms with E-state index in [0.717, 1.165) is 27.7 Å². The van der Waals surface area contributed by atoms with Crippen molar-refractivity contribution in [2.75, 3.05) is 11.9 Å². The molecule has 0 radical (unpaired) electrons. The lowest BCUT2D eigenvalue weighted by atomic mass is 9.85. The summed E-state index contributed by atoms with van der Waals surface area (Å²) in [5.74, 6) is -0.373. The number of benzene rings is 1. The molecule has 6 heteroatoms. The van der Waals surface area contributed by atoms with Crippen molar-refractivity contribution in [3.8, 4) is 0 Å². The van der Waals surface area contributed by atoms with E-state index in [2.05, 4.69) is 33.4 Å². The molecule has 1 aromatic rings. The van der Waals surface area contributed by atoms with Crippen LogP contribution in [0.4, 0.5) is 5.69 Å². The molecule has 2 fully saturated rings. The molecule has 3 aliphatic rings. The summed E-state index contributed by atoms with van der Waals surface area (Å²) < 4.78 is 1.03. The number of nitrogens with one attached hydrogen (secondary N) is 1. The average molecular weight is 417 g/mol. The maximum Gasteiger partial charge on any atom is 0.233 e. The largest absolute Gasteiger partial charge is 0.326 e. The Labute approximate surface area is 160 Å². The van der Waals surface area contributed by atoms with Crippen LogP contribution in [0.15, 0.2) is 28.8 Å². The summed E-state index contributed by atoms with van der Waals surface area (Å²) in [6.45, 7) is 4.09. The fraction of sp³-hybridized carbons (Fsp3) is 0.450. The second-order valence-electron chi connectivity index (χ2n) is 7.55. The Bertz CT molecular complexity index is 794. The molecule has 1 saturated carbocycles.